The number of imidazole rings is 1. The number of aromatic nitrogens is 2. The van der Waals surface area contributed by atoms with Gasteiger partial charge in [-0.05, 0) is 25.1 Å². The molecule has 1 aromatic heterocycles. The second-order valence-corrected chi connectivity index (χ2v) is 6.40. The van der Waals surface area contributed by atoms with E-state index in [4.69, 9.17) is 0 Å². The molecule has 7 nitrogen and oxygen atoms in total. The second kappa shape index (κ2) is 4.92. The van der Waals surface area contributed by atoms with Gasteiger partial charge in [0.05, 0.1) is 16.0 Å². The molecule has 0 unspecified atom stereocenters. The Balaban J connectivity index is 2.35. The van der Waals surface area contributed by atoms with E-state index in [1.54, 1.807) is 31.2 Å². The normalized spacial score (nSPS) is 11.7. The maximum Gasteiger partial charge on any atom is 0.289 e. The first-order valence-corrected chi connectivity index (χ1v) is 7.80. The van der Waals surface area contributed by atoms with Gasteiger partial charge in [-0.3, -0.25) is 10.1 Å². The maximum atomic E-state index is 12.9. The van der Waals surface area contributed by atoms with E-state index < -0.39 is 20.6 Å². The summed E-state index contributed by atoms with van der Waals surface area (Å²) in [6, 6.07) is 12.0. The van der Waals surface area contributed by atoms with E-state index in [-0.39, 0.29) is 10.7 Å². The lowest BCUT2D eigenvalue weighted by Gasteiger charge is -2.09. The van der Waals surface area contributed by atoms with Crippen LogP contribution in [0, 0.1) is 17.0 Å². The van der Waals surface area contributed by atoms with Crippen LogP contribution in [0.15, 0.2) is 53.4 Å². The summed E-state index contributed by atoms with van der Waals surface area (Å²) < 4.78 is 26.8. The van der Waals surface area contributed by atoms with Crippen LogP contribution in [0.3, 0.4) is 0 Å². The average molecular weight is 317 g/mol. The molecule has 0 aliphatic rings. The van der Waals surface area contributed by atoms with Crippen LogP contribution in [0.25, 0.3) is 11.0 Å². The molecule has 0 saturated heterocycles. The van der Waals surface area contributed by atoms with Crippen LogP contribution in [0.1, 0.15) is 5.82 Å². The number of benzene rings is 2. The van der Waals surface area contributed by atoms with Crippen molar-refractivity contribution in [1.29, 1.82) is 0 Å². The first-order valence-electron chi connectivity index (χ1n) is 6.36. The third kappa shape index (κ3) is 2.04. The van der Waals surface area contributed by atoms with Gasteiger partial charge in [0.1, 0.15) is 5.82 Å². The highest BCUT2D eigenvalue weighted by Gasteiger charge is 2.29. The number of fused-ring (bicyclic) bond motifs is 1. The minimum Gasteiger partial charge on any atom is -0.258 e. The Labute approximate surface area is 126 Å². The van der Waals surface area contributed by atoms with E-state index >= 15 is 0 Å². The monoisotopic (exact) mass is 317 g/mol. The summed E-state index contributed by atoms with van der Waals surface area (Å²) in [5.41, 5.74) is 0.444. The fourth-order valence-electron chi connectivity index (χ4n) is 2.35. The van der Waals surface area contributed by atoms with Crippen molar-refractivity contribution < 1.29 is 13.3 Å². The molecule has 0 aliphatic heterocycles. The number of nitro groups is 1. The molecule has 0 spiro atoms. The molecule has 0 amide bonds. The minimum absolute atomic E-state index is 0.249. The summed E-state index contributed by atoms with van der Waals surface area (Å²) in [6.07, 6.45) is 0. The van der Waals surface area contributed by atoms with E-state index in [1.165, 1.54) is 24.3 Å². The van der Waals surface area contributed by atoms with Crippen LogP contribution in [-0.2, 0) is 10.0 Å². The molecule has 3 aromatic rings. The first kappa shape index (κ1) is 14.2. The van der Waals surface area contributed by atoms with Gasteiger partial charge in [0.25, 0.3) is 15.7 Å². The minimum atomic E-state index is -4.12. The zero-order valence-corrected chi connectivity index (χ0v) is 12.3. The average Bonchev–Trinajstić information content (AvgIpc) is 2.83. The van der Waals surface area contributed by atoms with Gasteiger partial charge in [-0.25, -0.2) is 17.4 Å². The van der Waals surface area contributed by atoms with Gasteiger partial charge < -0.3 is 0 Å². The van der Waals surface area contributed by atoms with Gasteiger partial charge >= 0.3 is 0 Å². The Morgan fingerprint density at radius 2 is 1.73 bits per heavy atom. The van der Waals surface area contributed by atoms with Crippen LogP contribution in [0.2, 0.25) is 0 Å². The molecule has 8 heteroatoms. The number of hydrogen-bond donors (Lipinski definition) is 0. The molecule has 0 N–H and O–H groups in total. The van der Waals surface area contributed by atoms with Crippen LogP contribution in [-0.4, -0.2) is 22.3 Å². The van der Waals surface area contributed by atoms with Crippen molar-refractivity contribution in [1.82, 2.24) is 8.96 Å². The Morgan fingerprint density at radius 1 is 1.09 bits per heavy atom. The van der Waals surface area contributed by atoms with Crippen LogP contribution in [0.4, 0.5) is 5.69 Å². The molecule has 112 valence electrons. The predicted octanol–water partition coefficient (Wildman–Crippen LogP) is 2.49. The largest absolute Gasteiger partial charge is 0.289 e. The summed E-state index contributed by atoms with van der Waals surface area (Å²) >= 11 is 0. The number of nitrogens with zero attached hydrogens (tertiary/aromatic N) is 3. The summed E-state index contributed by atoms with van der Waals surface area (Å²) in [5.74, 6) is 0.249. The molecule has 22 heavy (non-hydrogen) atoms. The molecular weight excluding hydrogens is 306 g/mol. The zero-order chi connectivity index (χ0) is 15.9. The Kier molecular flexibility index (Phi) is 3.18. The predicted molar refractivity (Wildman–Crippen MR) is 80.2 cm³/mol. The summed E-state index contributed by atoms with van der Waals surface area (Å²) in [6.45, 7) is 1.55. The fourth-order valence-corrected chi connectivity index (χ4v) is 4.01. The molecule has 0 saturated carbocycles. The molecule has 1 heterocycles. The number of hydrogen-bond acceptors (Lipinski definition) is 5. The topological polar surface area (TPSA) is 95.1 Å². The van der Waals surface area contributed by atoms with Crippen molar-refractivity contribution in [2.45, 2.75) is 11.8 Å². The highest BCUT2D eigenvalue weighted by atomic mass is 32.2. The van der Waals surface area contributed by atoms with Crippen LogP contribution in [0.5, 0.6) is 0 Å². The van der Waals surface area contributed by atoms with Crippen molar-refractivity contribution in [2.75, 3.05) is 0 Å². The van der Waals surface area contributed by atoms with E-state index in [1.807, 2.05) is 0 Å². The lowest BCUT2D eigenvalue weighted by molar-refractivity contribution is -0.387. The molecular formula is C14H11N3O4S. The maximum absolute atomic E-state index is 12.9. The number of nitro benzene ring substituents is 1. The molecule has 0 bridgehead atoms. The second-order valence-electron chi connectivity index (χ2n) is 4.64. The van der Waals surface area contributed by atoms with Crippen molar-refractivity contribution in [2.24, 2.45) is 0 Å². The van der Waals surface area contributed by atoms with E-state index in [9.17, 15) is 18.5 Å². The Hall–Kier alpha value is -2.74. The van der Waals surface area contributed by atoms with E-state index in [0.717, 1.165) is 3.97 Å². The molecule has 2 aromatic carbocycles. The van der Waals surface area contributed by atoms with Crippen LogP contribution >= 0.6 is 0 Å². The van der Waals surface area contributed by atoms with E-state index in [0.29, 0.717) is 11.0 Å². The number of para-hydroxylation sites is 3. The van der Waals surface area contributed by atoms with Gasteiger partial charge in [-0.1, -0.05) is 24.3 Å². The highest BCUT2D eigenvalue weighted by molar-refractivity contribution is 7.90. The summed E-state index contributed by atoms with van der Waals surface area (Å²) in [7, 11) is -4.12. The zero-order valence-electron chi connectivity index (χ0n) is 11.5. The van der Waals surface area contributed by atoms with Gasteiger partial charge in [-0.15, -0.1) is 0 Å². The smallest absolute Gasteiger partial charge is 0.258 e. The molecule has 0 aliphatic carbocycles. The first-order chi connectivity index (χ1) is 10.4. The lowest BCUT2D eigenvalue weighted by atomic mass is 10.3. The van der Waals surface area contributed by atoms with Crippen molar-refractivity contribution in [3.63, 3.8) is 0 Å². The molecule has 0 atom stereocenters. The number of rotatable bonds is 3. The lowest BCUT2D eigenvalue weighted by Crippen LogP contribution is -2.16. The van der Waals surface area contributed by atoms with Crippen molar-refractivity contribution in [3.8, 4) is 0 Å². The van der Waals surface area contributed by atoms with Crippen LogP contribution < -0.4 is 0 Å². The van der Waals surface area contributed by atoms with Gasteiger partial charge in [-0.2, -0.15) is 0 Å². The van der Waals surface area contributed by atoms with Gasteiger partial charge in [0, 0.05) is 6.07 Å². The fraction of sp³-hybridized carbons (Fsp3) is 0.0714. The Morgan fingerprint density at radius 3 is 2.45 bits per heavy atom. The molecule has 3 rings (SSSR count). The highest BCUT2D eigenvalue weighted by Crippen LogP contribution is 2.28. The third-order valence-electron chi connectivity index (χ3n) is 3.26. The van der Waals surface area contributed by atoms with E-state index in [2.05, 4.69) is 4.98 Å². The SMILES string of the molecule is Cc1nc2ccccc2n1S(=O)(=O)c1ccccc1[N+](=O)[O-]. The standard InChI is InChI=1S/C14H11N3O4S/c1-10-15-11-6-2-3-7-12(11)16(10)22(20,21)14-9-5-4-8-13(14)17(18)19/h2-9H,1H3. The Bertz CT molecular complexity index is 992. The van der Waals surface area contributed by atoms with Crippen molar-refractivity contribution >= 4 is 26.7 Å². The van der Waals surface area contributed by atoms with Crippen molar-refractivity contribution in [3.05, 3.63) is 64.5 Å². The molecule has 0 fully saturated rings. The van der Waals surface area contributed by atoms with Gasteiger partial charge in [0.15, 0.2) is 4.90 Å². The molecule has 0 radical (unpaired) electrons. The number of aryl methyl sites for hydroxylation is 1. The quantitative estimate of drug-likeness (QED) is 0.546. The summed E-state index contributed by atoms with van der Waals surface area (Å²) in [4.78, 5) is 14.2. The summed E-state index contributed by atoms with van der Waals surface area (Å²) in [5, 5.41) is 11.1. The third-order valence-corrected chi connectivity index (χ3v) is 5.10. The van der Waals surface area contributed by atoms with Gasteiger partial charge in [0.2, 0.25) is 0 Å².